The number of anilines is 1. The van der Waals surface area contributed by atoms with Gasteiger partial charge in [-0.3, -0.25) is 9.59 Å². The highest BCUT2D eigenvalue weighted by atomic mass is 19.1. The molecule has 1 aromatic rings. The normalized spacial score (nSPS) is 15.8. The van der Waals surface area contributed by atoms with E-state index in [0.29, 0.717) is 31.6 Å². The van der Waals surface area contributed by atoms with Crippen LogP contribution in [0.25, 0.3) is 0 Å². The van der Waals surface area contributed by atoms with Crippen molar-refractivity contribution in [3.63, 3.8) is 0 Å². The quantitative estimate of drug-likeness (QED) is 0.878. The third-order valence-electron chi connectivity index (χ3n) is 3.80. The first-order chi connectivity index (χ1) is 9.97. The van der Waals surface area contributed by atoms with E-state index < -0.39 is 0 Å². The predicted octanol–water partition coefficient (Wildman–Crippen LogP) is 1.27. The van der Waals surface area contributed by atoms with Crippen molar-refractivity contribution < 1.29 is 14.0 Å². The van der Waals surface area contributed by atoms with Gasteiger partial charge < -0.3 is 16.0 Å². The van der Waals surface area contributed by atoms with Crippen LogP contribution in [-0.2, 0) is 9.59 Å². The van der Waals surface area contributed by atoms with E-state index >= 15 is 0 Å². The summed E-state index contributed by atoms with van der Waals surface area (Å²) in [7, 11) is 0. The van der Waals surface area contributed by atoms with E-state index in [2.05, 4.69) is 5.32 Å². The predicted molar refractivity (Wildman–Crippen MR) is 78.1 cm³/mol. The maximum atomic E-state index is 13.6. The topological polar surface area (TPSA) is 75.4 Å². The molecule has 6 heteroatoms. The molecule has 1 aromatic carbocycles. The van der Waals surface area contributed by atoms with Crippen LogP contribution in [0.15, 0.2) is 18.2 Å². The average Bonchev–Trinajstić information content (AvgIpc) is 2.46. The number of hydrogen-bond donors (Lipinski definition) is 2. The number of benzene rings is 1. The van der Waals surface area contributed by atoms with Crippen molar-refractivity contribution in [2.45, 2.75) is 19.8 Å². The van der Waals surface area contributed by atoms with Gasteiger partial charge in [-0.15, -0.1) is 0 Å². The van der Waals surface area contributed by atoms with E-state index in [1.807, 2.05) is 0 Å². The van der Waals surface area contributed by atoms with Gasteiger partial charge in [0.2, 0.25) is 11.8 Å². The monoisotopic (exact) mass is 293 g/mol. The van der Waals surface area contributed by atoms with Gasteiger partial charge in [-0.2, -0.15) is 0 Å². The fraction of sp³-hybridized carbons (Fsp3) is 0.467. The zero-order valence-corrected chi connectivity index (χ0v) is 12.1. The highest BCUT2D eigenvalue weighted by Gasteiger charge is 2.25. The summed E-state index contributed by atoms with van der Waals surface area (Å²) in [5.74, 6) is -0.911. The van der Waals surface area contributed by atoms with Crippen LogP contribution in [0.3, 0.4) is 0 Å². The smallest absolute Gasteiger partial charge is 0.241 e. The first-order valence-corrected chi connectivity index (χ1v) is 7.04. The fourth-order valence-corrected chi connectivity index (χ4v) is 2.46. The van der Waals surface area contributed by atoms with E-state index in [9.17, 15) is 14.0 Å². The minimum atomic E-state index is -0.366. The molecule has 21 heavy (non-hydrogen) atoms. The highest BCUT2D eigenvalue weighted by molar-refractivity contribution is 5.82. The van der Waals surface area contributed by atoms with Gasteiger partial charge in [-0.25, -0.2) is 4.39 Å². The highest BCUT2D eigenvalue weighted by Crippen LogP contribution is 2.18. The summed E-state index contributed by atoms with van der Waals surface area (Å²) in [6.45, 7) is 2.89. The van der Waals surface area contributed by atoms with Crippen molar-refractivity contribution >= 4 is 17.5 Å². The van der Waals surface area contributed by atoms with Gasteiger partial charge in [0.05, 0.1) is 12.2 Å². The Kier molecular flexibility index (Phi) is 4.77. The number of nitrogens with one attached hydrogen (secondary N) is 1. The molecule has 1 fully saturated rings. The molecule has 0 saturated carbocycles. The van der Waals surface area contributed by atoms with Gasteiger partial charge in [-0.05, 0) is 37.5 Å². The number of hydrogen-bond acceptors (Lipinski definition) is 3. The van der Waals surface area contributed by atoms with Crippen molar-refractivity contribution in [1.82, 2.24) is 4.90 Å². The van der Waals surface area contributed by atoms with Crippen molar-refractivity contribution in [2.24, 2.45) is 11.7 Å². The average molecular weight is 293 g/mol. The summed E-state index contributed by atoms with van der Waals surface area (Å²) in [5, 5.41) is 2.81. The van der Waals surface area contributed by atoms with Crippen LogP contribution in [-0.4, -0.2) is 36.3 Å². The van der Waals surface area contributed by atoms with Gasteiger partial charge >= 0.3 is 0 Å². The molecule has 0 atom stereocenters. The summed E-state index contributed by atoms with van der Waals surface area (Å²) in [6.07, 6.45) is 1.19. The van der Waals surface area contributed by atoms with Crippen molar-refractivity contribution in [1.29, 1.82) is 0 Å². The molecule has 0 spiro atoms. The summed E-state index contributed by atoms with van der Waals surface area (Å²) in [4.78, 5) is 24.8. The number of rotatable bonds is 4. The van der Waals surface area contributed by atoms with Crippen LogP contribution in [0.2, 0.25) is 0 Å². The Morgan fingerprint density at radius 2 is 2.05 bits per heavy atom. The number of piperidine rings is 1. The molecule has 114 valence electrons. The van der Waals surface area contributed by atoms with E-state index in [1.165, 1.54) is 6.07 Å². The number of likely N-dealkylation sites (tertiary alicyclic amines) is 1. The van der Waals surface area contributed by atoms with Gasteiger partial charge in [0, 0.05) is 19.0 Å². The third kappa shape index (κ3) is 3.93. The molecule has 3 N–H and O–H groups in total. The Morgan fingerprint density at radius 1 is 1.38 bits per heavy atom. The van der Waals surface area contributed by atoms with E-state index in [1.54, 1.807) is 24.0 Å². The lowest BCUT2D eigenvalue weighted by Crippen LogP contribution is -2.43. The van der Waals surface area contributed by atoms with Crippen LogP contribution in [0.1, 0.15) is 18.4 Å². The number of halogens is 1. The minimum absolute atomic E-state index is 0.0429. The second kappa shape index (κ2) is 6.56. The molecule has 5 nitrogen and oxygen atoms in total. The Labute approximate surface area is 123 Å². The van der Waals surface area contributed by atoms with Crippen LogP contribution in [0.5, 0.6) is 0 Å². The van der Waals surface area contributed by atoms with Gasteiger partial charge in [0.25, 0.3) is 0 Å². The lowest BCUT2D eigenvalue weighted by Gasteiger charge is -2.30. The molecule has 2 rings (SSSR count). The van der Waals surface area contributed by atoms with E-state index in [4.69, 9.17) is 5.73 Å². The molecule has 0 radical (unpaired) electrons. The van der Waals surface area contributed by atoms with Gasteiger partial charge in [0.1, 0.15) is 5.82 Å². The molecule has 1 aliphatic rings. The molecule has 2 amide bonds. The van der Waals surface area contributed by atoms with E-state index in [0.717, 1.165) is 5.56 Å². The first-order valence-electron chi connectivity index (χ1n) is 7.04. The molecular formula is C15H20FN3O2. The van der Waals surface area contributed by atoms with E-state index in [-0.39, 0.29) is 30.1 Å². The Hall–Kier alpha value is -2.11. The lowest BCUT2D eigenvalue weighted by atomic mass is 9.96. The maximum Gasteiger partial charge on any atom is 0.241 e. The van der Waals surface area contributed by atoms with Crippen molar-refractivity contribution in [3.8, 4) is 0 Å². The zero-order chi connectivity index (χ0) is 15.4. The number of carbonyl (C=O) groups excluding carboxylic acids is 2. The summed E-state index contributed by atoms with van der Waals surface area (Å²) < 4.78 is 13.6. The fourth-order valence-electron chi connectivity index (χ4n) is 2.46. The number of aryl methyl sites for hydroxylation is 1. The largest absolute Gasteiger partial charge is 0.374 e. The Balaban J connectivity index is 1.84. The molecular weight excluding hydrogens is 273 g/mol. The number of amides is 2. The number of primary amides is 1. The Bertz CT molecular complexity index is 540. The second-order valence-electron chi connectivity index (χ2n) is 5.39. The van der Waals surface area contributed by atoms with Crippen LogP contribution in [0.4, 0.5) is 10.1 Å². The molecule has 0 aliphatic carbocycles. The zero-order valence-electron chi connectivity index (χ0n) is 12.1. The second-order valence-corrected chi connectivity index (χ2v) is 5.39. The number of nitrogens with two attached hydrogens (primary N) is 1. The third-order valence-corrected chi connectivity index (χ3v) is 3.80. The number of carbonyl (C=O) groups is 2. The number of nitrogens with zero attached hydrogens (tertiary/aromatic N) is 1. The summed E-state index contributed by atoms with van der Waals surface area (Å²) >= 11 is 0. The van der Waals surface area contributed by atoms with Crippen molar-refractivity contribution in [3.05, 3.63) is 29.6 Å². The molecule has 1 aliphatic heterocycles. The molecule has 1 heterocycles. The summed E-state index contributed by atoms with van der Waals surface area (Å²) in [6, 6.07) is 4.83. The van der Waals surface area contributed by atoms with Gasteiger partial charge in [0.15, 0.2) is 0 Å². The van der Waals surface area contributed by atoms with Crippen LogP contribution in [0, 0.1) is 18.7 Å². The maximum absolute atomic E-state index is 13.6. The molecule has 0 bridgehead atoms. The van der Waals surface area contributed by atoms with Crippen LogP contribution >= 0.6 is 0 Å². The standard InChI is InChI=1S/C15H20FN3O2/c1-10-2-3-13(12(16)8-10)18-9-14(20)19-6-4-11(5-7-19)15(17)21/h2-3,8,11,18H,4-7,9H2,1H3,(H2,17,21). The molecule has 1 saturated heterocycles. The Morgan fingerprint density at radius 3 is 2.62 bits per heavy atom. The summed E-state index contributed by atoms with van der Waals surface area (Å²) in [5.41, 5.74) is 6.41. The first kappa shape index (κ1) is 15.3. The molecule has 0 unspecified atom stereocenters. The SMILES string of the molecule is Cc1ccc(NCC(=O)N2CCC(C(N)=O)CC2)c(F)c1. The van der Waals surface area contributed by atoms with Gasteiger partial charge in [-0.1, -0.05) is 6.07 Å². The van der Waals surface area contributed by atoms with Crippen LogP contribution < -0.4 is 11.1 Å². The lowest BCUT2D eigenvalue weighted by molar-refractivity contribution is -0.133. The minimum Gasteiger partial charge on any atom is -0.374 e. The van der Waals surface area contributed by atoms with Crippen molar-refractivity contribution in [2.75, 3.05) is 25.0 Å². The molecule has 0 aromatic heterocycles.